The average molecular weight is 334 g/mol. The lowest BCUT2D eigenvalue weighted by Crippen LogP contribution is -2.41. The van der Waals surface area contributed by atoms with Crippen molar-refractivity contribution in [3.63, 3.8) is 0 Å². The van der Waals surface area contributed by atoms with Crippen LogP contribution in [-0.4, -0.2) is 28.3 Å². The summed E-state index contributed by atoms with van der Waals surface area (Å²) in [4.78, 5) is 23.9. The molecule has 0 heterocycles. The second-order valence-electron chi connectivity index (χ2n) is 7.51. The minimum Gasteiger partial charge on any atom is -0.445 e. The highest BCUT2D eigenvalue weighted by Crippen LogP contribution is 2.35. The Labute approximate surface area is 138 Å². The molecule has 0 bridgehead atoms. The number of hydrogen-bond donors (Lipinski definition) is 0. The van der Waals surface area contributed by atoms with E-state index < -0.39 is 17.8 Å². The fourth-order valence-corrected chi connectivity index (χ4v) is 2.88. The highest BCUT2D eigenvalue weighted by atomic mass is 35.5. The van der Waals surface area contributed by atoms with Crippen molar-refractivity contribution >= 4 is 24.0 Å². The first-order chi connectivity index (χ1) is 10.0. The molecule has 0 radical (unpaired) electrons. The quantitative estimate of drug-likeness (QED) is 0.669. The number of ether oxygens (including phenoxy) is 2. The third-order valence-electron chi connectivity index (χ3n) is 3.93. The SMILES string of the molecule is CC(C)[C@@H]1CC[C@@H](C)C[C@H]1OC(=O)N(Cl)C(=O)OC(C)(C)C. The molecule has 1 rings (SSSR count). The van der Waals surface area contributed by atoms with E-state index in [4.69, 9.17) is 21.3 Å². The number of nitrogens with zero attached hydrogens (tertiary/aromatic N) is 1. The van der Waals surface area contributed by atoms with Crippen LogP contribution in [0, 0.1) is 17.8 Å². The molecule has 0 unspecified atom stereocenters. The van der Waals surface area contributed by atoms with Gasteiger partial charge in [0.05, 0.1) is 0 Å². The standard InChI is InChI=1S/C16H28ClNO4/c1-10(2)12-8-7-11(3)9-13(12)21-14(19)18(17)15(20)22-16(4,5)6/h10-13H,7-9H2,1-6H3/t11-,12+,13-/m1/s1. The predicted molar refractivity (Wildman–Crippen MR) is 85.5 cm³/mol. The fourth-order valence-electron chi connectivity index (χ4n) is 2.80. The molecule has 0 saturated heterocycles. The van der Waals surface area contributed by atoms with Crippen molar-refractivity contribution in [3.8, 4) is 0 Å². The van der Waals surface area contributed by atoms with E-state index in [1.54, 1.807) is 20.8 Å². The second-order valence-corrected chi connectivity index (χ2v) is 7.85. The van der Waals surface area contributed by atoms with Crippen LogP contribution in [0.1, 0.15) is 60.8 Å². The summed E-state index contributed by atoms with van der Waals surface area (Å²) in [6.07, 6.45) is 0.969. The Morgan fingerprint density at radius 2 is 1.77 bits per heavy atom. The van der Waals surface area contributed by atoms with Gasteiger partial charge in [-0.25, -0.2) is 9.59 Å². The summed E-state index contributed by atoms with van der Waals surface area (Å²) in [5, 5.41) is 0. The van der Waals surface area contributed by atoms with Crippen molar-refractivity contribution in [3.05, 3.63) is 0 Å². The molecule has 22 heavy (non-hydrogen) atoms. The lowest BCUT2D eigenvalue weighted by molar-refractivity contribution is -0.00755. The van der Waals surface area contributed by atoms with Gasteiger partial charge in [0.25, 0.3) is 0 Å². The van der Waals surface area contributed by atoms with Crippen LogP contribution < -0.4 is 0 Å². The predicted octanol–water partition coefficient (Wildman–Crippen LogP) is 4.97. The molecule has 0 N–H and O–H groups in total. The van der Waals surface area contributed by atoms with E-state index >= 15 is 0 Å². The van der Waals surface area contributed by atoms with Crippen LogP contribution in [0.25, 0.3) is 0 Å². The van der Waals surface area contributed by atoms with Crippen LogP contribution in [0.3, 0.4) is 0 Å². The molecule has 0 aliphatic heterocycles. The topological polar surface area (TPSA) is 55.8 Å². The fraction of sp³-hybridized carbons (Fsp3) is 0.875. The zero-order valence-corrected chi connectivity index (χ0v) is 15.1. The van der Waals surface area contributed by atoms with Crippen LogP contribution in [-0.2, 0) is 9.47 Å². The normalized spacial score (nSPS) is 25.7. The Balaban J connectivity index is 2.66. The highest BCUT2D eigenvalue weighted by Gasteiger charge is 2.36. The molecule has 1 fully saturated rings. The maximum absolute atomic E-state index is 12.1. The smallest absolute Gasteiger partial charge is 0.435 e. The van der Waals surface area contributed by atoms with Gasteiger partial charge in [-0.05, 0) is 51.4 Å². The first kappa shape index (κ1) is 19.1. The molecule has 0 spiro atoms. The Morgan fingerprint density at radius 3 is 2.27 bits per heavy atom. The maximum atomic E-state index is 12.1. The van der Waals surface area contributed by atoms with Gasteiger partial charge in [0.15, 0.2) is 0 Å². The van der Waals surface area contributed by atoms with Gasteiger partial charge in [-0.2, -0.15) is 0 Å². The average Bonchev–Trinajstić information content (AvgIpc) is 2.35. The van der Waals surface area contributed by atoms with E-state index in [0.717, 1.165) is 19.3 Å². The number of rotatable bonds is 2. The minimum absolute atomic E-state index is 0.208. The van der Waals surface area contributed by atoms with Crippen LogP contribution in [0.5, 0.6) is 0 Å². The van der Waals surface area contributed by atoms with Gasteiger partial charge in [-0.3, -0.25) is 0 Å². The van der Waals surface area contributed by atoms with Crippen molar-refractivity contribution in [2.24, 2.45) is 17.8 Å². The summed E-state index contributed by atoms with van der Waals surface area (Å²) < 4.78 is 10.9. The summed E-state index contributed by atoms with van der Waals surface area (Å²) in [6.45, 7) is 11.5. The number of hydrogen-bond acceptors (Lipinski definition) is 4. The van der Waals surface area contributed by atoms with Gasteiger partial charge in [-0.15, -0.1) is 4.42 Å². The van der Waals surface area contributed by atoms with Crippen LogP contribution in [0.4, 0.5) is 9.59 Å². The first-order valence-electron chi connectivity index (χ1n) is 7.90. The molecule has 2 amide bonds. The van der Waals surface area contributed by atoms with Crippen molar-refractivity contribution in [1.29, 1.82) is 0 Å². The summed E-state index contributed by atoms with van der Waals surface area (Å²) >= 11 is 5.75. The molecular formula is C16H28ClNO4. The first-order valence-corrected chi connectivity index (χ1v) is 8.24. The third-order valence-corrected chi connectivity index (χ3v) is 4.20. The summed E-state index contributed by atoms with van der Waals surface area (Å²) in [5.41, 5.74) is -0.718. The molecule has 1 saturated carbocycles. The summed E-state index contributed by atoms with van der Waals surface area (Å²) in [7, 11) is 0. The number of halogens is 1. The molecule has 0 aromatic rings. The van der Waals surface area contributed by atoms with Crippen molar-refractivity contribution < 1.29 is 19.1 Å². The zero-order valence-electron chi connectivity index (χ0n) is 14.4. The summed E-state index contributed by atoms with van der Waals surface area (Å²) in [6, 6.07) is 0. The molecule has 6 heteroatoms. The van der Waals surface area contributed by atoms with Crippen molar-refractivity contribution in [2.75, 3.05) is 0 Å². The molecule has 1 aliphatic carbocycles. The van der Waals surface area contributed by atoms with E-state index in [0.29, 0.717) is 22.2 Å². The maximum Gasteiger partial charge on any atom is 0.435 e. The molecule has 0 aromatic heterocycles. The van der Waals surface area contributed by atoms with Crippen LogP contribution >= 0.6 is 11.8 Å². The molecule has 128 valence electrons. The van der Waals surface area contributed by atoms with Gasteiger partial charge < -0.3 is 9.47 Å². The van der Waals surface area contributed by atoms with E-state index in [2.05, 4.69) is 20.8 Å². The van der Waals surface area contributed by atoms with E-state index in [1.807, 2.05) is 0 Å². The molecular weight excluding hydrogens is 306 g/mol. The lowest BCUT2D eigenvalue weighted by Gasteiger charge is -2.36. The Morgan fingerprint density at radius 1 is 1.18 bits per heavy atom. The van der Waals surface area contributed by atoms with E-state index in [9.17, 15) is 9.59 Å². The monoisotopic (exact) mass is 333 g/mol. The number of imide groups is 1. The minimum atomic E-state index is -0.913. The van der Waals surface area contributed by atoms with Gasteiger partial charge >= 0.3 is 12.2 Å². The molecule has 0 aromatic carbocycles. The van der Waals surface area contributed by atoms with Gasteiger partial charge in [0.1, 0.15) is 11.7 Å². The second kappa shape index (κ2) is 7.53. The Bertz CT molecular complexity index is 405. The van der Waals surface area contributed by atoms with Gasteiger partial charge in [-0.1, -0.05) is 27.2 Å². The zero-order chi connectivity index (χ0) is 17.1. The lowest BCUT2D eigenvalue weighted by atomic mass is 9.75. The Hall–Kier alpha value is -0.970. The van der Waals surface area contributed by atoms with Crippen LogP contribution in [0.2, 0.25) is 0 Å². The molecule has 5 nitrogen and oxygen atoms in total. The Kier molecular flexibility index (Phi) is 6.53. The highest BCUT2D eigenvalue weighted by molar-refractivity contribution is 6.28. The molecule has 1 aliphatic rings. The van der Waals surface area contributed by atoms with Gasteiger partial charge in [0, 0.05) is 11.8 Å². The number of carbonyl (C=O) groups is 2. The molecule has 3 atom stereocenters. The van der Waals surface area contributed by atoms with Crippen molar-refractivity contribution in [2.45, 2.75) is 72.5 Å². The number of carbonyl (C=O) groups excluding carboxylic acids is 2. The van der Waals surface area contributed by atoms with E-state index in [-0.39, 0.29) is 6.10 Å². The summed E-state index contributed by atoms with van der Waals surface area (Å²) in [5.74, 6) is 1.21. The largest absolute Gasteiger partial charge is 0.445 e. The van der Waals surface area contributed by atoms with Crippen molar-refractivity contribution in [1.82, 2.24) is 4.42 Å². The third kappa shape index (κ3) is 5.67. The van der Waals surface area contributed by atoms with E-state index in [1.165, 1.54) is 0 Å². The van der Waals surface area contributed by atoms with Gasteiger partial charge in [0.2, 0.25) is 0 Å². The number of amides is 2. The van der Waals surface area contributed by atoms with Crippen LogP contribution in [0.15, 0.2) is 0 Å².